The minimum atomic E-state index is -0.460. The fraction of sp³-hybridized carbons (Fsp3) is 0.263. The zero-order valence-corrected chi connectivity index (χ0v) is 17.5. The van der Waals surface area contributed by atoms with Crippen molar-refractivity contribution in [2.75, 3.05) is 27.9 Å². The molecule has 0 unspecified atom stereocenters. The van der Waals surface area contributed by atoms with E-state index in [1.165, 1.54) is 39.7 Å². The molecule has 2 aromatic rings. The fourth-order valence-corrected chi connectivity index (χ4v) is 2.84. The number of hydrogen-bond donors (Lipinski definition) is 2. The maximum absolute atomic E-state index is 12.4. The number of nitrogens with zero attached hydrogens (tertiary/aromatic N) is 1. The van der Waals surface area contributed by atoms with Gasteiger partial charge in [0.2, 0.25) is 5.75 Å². The molecule has 0 aliphatic carbocycles. The number of amides is 1. The lowest BCUT2D eigenvalue weighted by molar-refractivity contribution is 0.0954. The normalized spacial score (nSPS) is 10.6. The molecule has 8 nitrogen and oxygen atoms in total. The number of carbonyl (C=O) groups excluding carboxylic acids is 1. The SMILES string of the molecule is CCOc1cc(/C=N\NC(=O)c2cc(OC)c(OC)c(OC)c2)cc(Br)c1O. The van der Waals surface area contributed by atoms with Crippen LogP contribution < -0.4 is 24.4 Å². The van der Waals surface area contributed by atoms with Crippen LogP contribution in [-0.4, -0.2) is 45.2 Å². The lowest BCUT2D eigenvalue weighted by Crippen LogP contribution is -2.18. The van der Waals surface area contributed by atoms with Crippen LogP contribution in [0.5, 0.6) is 28.7 Å². The van der Waals surface area contributed by atoms with Gasteiger partial charge in [0, 0.05) is 5.56 Å². The van der Waals surface area contributed by atoms with Gasteiger partial charge in [0.25, 0.3) is 5.91 Å². The monoisotopic (exact) mass is 452 g/mol. The summed E-state index contributed by atoms with van der Waals surface area (Å²) in [5, 5.41) is 13.9. The Morgan fingerprint density at radius 2 is 1.75 bits per heavy atom. The van der Waals surface area contributed by atoms with Gasteiger partial charge in [0.1, 0.15) is 0 Å². The molecule has 0 saturated heterocycles. The largest absolute Gasteiger partial charge is 0.503 e. The highest BCUT2D eigenvalue weighted by atomic mass is 79.9. The Hall–Kier alpha value is -2.94. The molecular formula is C19H21BrN2O6. The summed E-state index contributed by atoms with van der Waals surface area (Å²) in [7, 11) is 4.42. The number of hydrazone groups is 1. The van der Waals surface area contributed by atoms with E-state index in [0.717, 1.165) is 0 Å². The molecule has 0 fully saturated rings. The van der Waals surface area contributed by atoms with Crippen molar-refractivity contribution in [3.63, 3.8) is 0 Å². The molecular weight excluding hydrogens is 432 g/mol. The van der Waals surface area contributed by atoms with Crippen molar-refractivity contribution in [1.82, 2.24) is 5.43 Å². The van der Waals surface area contributed by atoms with Crippen molar-refractivity contribution in [3.05, 3.63) is 39.9 Å². The Bertz CT molecular complexity index is 860. The average molecular weight is 453 g/mol. The maximum atomic E-state index is 12.4. The number of phenolic OH excluding ortho intramolecular Hbond substituents is 1. The van der Waals surface area contributed by atoms with E-state index in [4.69, 9.17) is 18.9 Å². The summed E-state index contributed by atoms with van der Waals surface area (Å²) < 4.78 is 21.5. The van der Waals surface area contributed by atoms with Crippen molar-refractivity contribution in [2.45, 2.75) is 6.92 Å². The van der Waals surface area contributed by atoms with E-state index in [2.05, 4.69) is 26.5 Å². The molecule has 0 aromatic heterocycles. The van der Waals surface area contributed by atoms with Gasteiger partial charge in [-0.15, -0.1) is 0 Å². The summed E-state index contributed by atoms with van der Waals surface area (Å²) in [6.45, 7) is 2.21. The summed E-state index contributed by atoms with van der Waals surface area (Å²) in [5.74, 6) is 0.968. The zero-order valence-electron chi connectivity index (χ0n) is 15.9. The minimum Gasteiger partial charge on any atom is -0.503 e. The molecule has 0 heterocycles. The molecule has 150 valence electrons. The van der Waals surface area contributed by atoms with E-state index in [9.17, 15) is 9.90 Å². The van der Waals surface area contributed by atoms with Crippen molar-refractivity contribution in [3.8, 4) is 28.7 Å². The van der Waals surface area contributed by atoms with Crippen LogP contribution in [0.15, 0.2) is 33.8 Å². The molecule has 0 spiro atoms. The van der Waals surface area contributed by atoms with Crippen LogP contribution in [0.4, 0.5) is 0 Å². The van der Waals surface area contributed by atoms with Gasteiger partial charge in [-0.1, -0.05) is 0 Å². The number of aromatic hydroxyl groups is 1. The van der Waals surface area contributed by atoms with Crippen LogP contribution in [-0.2, 0) is 0 Å². The Kier molecular flexibility index (Phi) is 7.51. The number of carbonyl (C=O) groups is 1. The quantitative estimate of drug-likeness (QED) is 0.470. The highest BCUT2D eigenvalue weighted by Crippen LogP contribution is 2.38. The van der Waals surface area contributed by atoms with Gasteiger partial charge in [-0.25, -0.2) is 5.43 Å². The van der Waals surface area contributed by atoms with Gasteiger partial charge in [0.05, 0.1) is 38.6 Å². The molecule has 2 rings (SSSR count). The van der Waals surface area contributed by atoms with E-state index in [1.54, 1.807) is 12.1 Å². The smallest absolute Gasteiger partial charge is 0.271 e. The number of benzene rings is 2. The molecule has 9 heteroatoms. The molecule has 0 bridgehead atoms. The van der Waals surface area contributed by atoms with Gasteiger partial charge in [-0.2, -0.15) is 5.10 Å². The topological polar surface area (TPSA) is 98.6 Å². The number of hydrogen-bond acceptors (Lipinski definition) is 7. The molecule has 28 heavy (non-hydrogen) atoms. The molecule has 2 aromatic carbocycles. The third-order valence-corrected chi connectivity index (χ3v) is 4.26. The second kappa shape index (κ2) is 9.84. The number of ether oxygens (including phenoxy) is 4. The van der Waals surface area contributed by atoms with Gasteiger partial charge >= 0.3 is 0 Å². The maximum Gasteiger partial charge on any atom is 0.271 e. The second-order valence-corrected chi connectivity index (χ2v) is 6.25. The second-order valence-electron chi connectivity index (χ2n) is 5.40. The van der Waals surface area contributed by atoms with Crippen LogP contribution in [0.1, 0.15) is 22.8 Å². The van der Waals surface area contributed by atoms with Gasteiger partial charge in [-0.05, 0) is 52.7 Å². The third-order valence-electron chi connectivity index (χ3n) is 3.66. The highest BCUT2D eigenvalue weighted by Gasteiger charge is 2.16. The molecule has 0 aliphatic rings. The van der Waals surface area contributed by atoms with E-state index in [-0.39, 0.29) is 11.3 Å². The van der Waals surface area contributed by atoms with E-state index in [1.807, 2.05) is 6.92 Å². The minimum absolute atomic E-state index is 0.000425. The van der Waals surface area contributed by atoms with E-state index < -0.39 is 5.91 Å². The molecule has 0 radical (unpaired) electrons. The summed E-state index contributed by atoms with van der Waals surface area (Å²) in [6, 6.07) is 6.30. The molecule has 0 saturated carbocycles. The van der Waals surface area contributed by atoms with Crippen LogP contribution in [0.2, 0.25) is 0 Å². The highest BCUT2D eigenvalue weighted by molar-refractivity contribution is 9.10. The summed E-state index contributed by atoms with van der Waals surface area (Å²) in [6.07, 6.45) is 1.43. The first-order valence-electron chi connectivity index (χ1n) is 8.23. The number of methoxy groups -OCH3 is 3. The number of rotatable bonds is 8. The average Bonchev–Trinajstić information content (AvgIpc) is 2.70. The Morgan fingerprint density at radius 1 is 1.11 bits per heavy atom. The number of nitrogens with one attached hydrogen (secondary N) is 1. The van der Waals surface area contributed by atoms with Crippen molar-refractivity contribution >= 4 is 28.1 Å². The van der Waals surface area contributed by atoms with Crippen molar-refractivity contribution in [1.29, 1.82) is 0 Å². The third kappa shape index (κ3) is 4.86. The predicted octanol–water partition coefficient (Wildman–Crippen LogP) is 3.34. The van der Waals surface area contributed by atoms with Crippen LogP contribution in [0.25, 0.3) is 0 Å². The van der Waals surface area contributed by atoms with Crippen LogP contribution >= 0.6 is 15.9 Å². The fourth-order valence-electron chi connectivity index (χ4n) is 2.38. The van der Waals surface area contributed by atoms with Crippen molar-refractivity contribution < 1.29 is 28.8 Å². The van der Waals surface area contributed by atoms with Gasteiger partial charge in [0.15, 0.2) is 23.0 Å². The lowest BCUT2D eigenvalue weighted by atomic mass is 10.1. The van der Waals surface area contributed by atoms with Gasteiger partial charge < -0.3 is 24.1 Å². The first kappa shape index (κ1) is 21.4. The van der Waals surface area contributed by atoms with Crippen LogP contribution in [0.3, 0.4) is 0 Å². The molecule has 0 atom stereocenters. The molecule has 0 aliphatic heterocycles. The molecule has 2 N–H and O–H groups in total. The Morgan fingerprint density at radius 3 is 2.29 bits per heavy atom. The first-order chi connectivity index (χ1) is 13.4. The summed E-state index contributed by atoms with van der Waals surface area (Å²) in [5.41, 5.74) is 3.34. The summed E-state index contributed by atoms with van der Waals surface area (Å²) >= 11 is 3.25. The standard InChI is InChI=1S/C19H21BrN2O6/c1-5-28-14-7-11(6-13(20)17(14)23)10-21-22-19(24)12-8-15(25-2)18(27-4)16(9-12)26-3/h6-10,23H,5H2,1-4H3,(H,22,24)/b21-10-. The molecule has 1 amide bonds. The lowest BCUT2D eigenvalue weighted by Gasteiger charge is -2.13. The van der Waals surface area contributed by atoms with E-state index in [0.29, 0.717) is 39.6 Å². The number of halogens is 1. The van der Waals surface area contributed by atoms with Gasteiger partial charge in [-0.3, -0.25) is 4.79 Å². The van der Waals surface area contributed by atoms with Crippen molar-refractivity contribution in [2.24, 2.45) is 5.10 Å². The Labute approximate surface area is 171 Å². The number of phenols is 1. The zero-order chi connectivity index (χ0) is 20.7. The Balaban J connectivity index is 2.20. The van der Waals surface area contributed by atoms with Crippen LogP contribution in [0, 0.1) is 0 Å². The van der Waals surface area contributed by atoms with E-state index >= 15 is 0 Å². The first-order valence-corrected chi connectivity index (χ1v) is 9.03. The summed E-state index contributed by atoms with van der Waals surface area (Å²) in [4.78, 5) is 12.4. The predicted molar refractivity (Wildman–Crippen MR) is 108 cm³/mol.